The zero-order valence-corrected chi connectivity index (χ0v) is 9.42. The van der Waals surface area contributed by atoms with Crippen LogP contribution in [-0.4, -0.2) is 19.1 Å². The summed E-state index contributed by atoms with van der Waals surface area (Å²) >= 11 is 0. The molecule has 0 heterocycles. The molecule has 0 bridgehead atoms. The molecule has 0 saturated heterocycles. The van der Waals surface area contributed by atoms with Gasteiger partial charge >= 0.3 is 12.1 Å². The Morgan fingerprint density at radius 3 is 2.56 bits per heavy atom. The Kier molecular flexibility index (Phi) is 4.28. The Labute approximate surface area is 101 Å². The van der Waals surface area contributed by atoms with E-state index in [0.29, 0.717) is 6.07 Å². The molecule has 2 N–H and O–H groups in total. The van der Waals surface area contributed by atoms with Crippen molar-refractivity contribution in [2.75, 3.05) is 7.11 Å². The van der Waals surface area contributed by atoms with Crippen molar-refractivity contribution in [1.82, 2.24) is 0 Å². The summed E-state index contributed by atoms with van der Waals surface area (Å²) in [5.74, 6) is -1.83. The lowest BCUT2D eigenvalue weighted by Gasteiger charge is -2.15. The third-order valence-electron chi connectivity index (χ3n) is 2.32. The zero-order valence-electron chi connectivity index (χ0n) is 9.42. The van der Waals surface area contributed by atoms with Crippen LogP contribution < -0.4 is 5.73 Å². The molecular formula is C11H11F4NO2. The maximum atomic E-state index is 12.8. The monoisotopic (exact) mass is 265 g/mol. The lowest BCUT2D eigenvalue weighted by Crippen LogP contribution is -2.34. The number of carbonyl (C=O) groups is 1. The molecule has 18 heavy (non-hydrogen) atoms. The van der Waals surface area contributed by atoms with Crippen molar-refractivity contribution in [2.24, 2.45) is 5.73 Å². The van der Waals surface area contributed by atoms with Crippen molar-refractivity contribution in [3.63, 3.8) is 0 Å². The van der Waals surface area contributed by atoms with Gasteiger partial charge in [0.15, 0.2) is 0 Å². The number of benzene rings is 1. The number of esters is 1. The Morgan fingerprint density at radius 2 is 2.06 bits per heavy atom. The molecule has 0 amide bonds. The molecule has 0 fully saturated rings. The third kappa shape index (κ3) is 3.43. The lowest BCUT2D eigenvalue weighted by atomic mass is 10.00. The highest BCUT2D eigenvalue weighted by Crippen LogP contribution is 2.33. The fourth-order valence-corrected chi connectivity index (χ4v) is 1.46. The minimum absolute atomic E-state index is 0.248. The van der Waals surface area contributed by atoms with Gasteiger partial charge in [-0.05, 0) is 24.1 Å². The average Bonchev–Trinajstić information content (AvgIpc) is 2.28. The van der Waals surface area contributed by atoms with Crippen LogP contribution in [0.25, 0.3) is 0 Å². The fraction of sp³-hybridized carbons (Fsp3) is 0.364. The molecule has 7 heteroatoms. The first kappa shape index (κ1) is 14.4. The minimum atomic E-state index is -4.70. The van der Waals surface area contributed by atoms with Gasteiger partial charge in [0, 0.05) is 0 Å². The first-order valence-electron chi connectivity index (χ1n) is 4.94. The molecular weight excluding hydrogens is 254 g/mol. The van der Waals surface area contributed by atoms with Crippen LogP contribution in [0, 0.1) is 5.82 Å². The summed E-state index contributed by atoms with van der Waals surface area (Å²) in [5.41, 5.74) is 3.99. The number of hydrogen-bond acceptors (Lipinski definition) is 3. The molecule has 0 aromatic heterocycles. The maximum Gasteiger partial charge on any atom is 0.416 e. The molecule has 0 aliphatic rings. The molecule has 1 rings (SSSR count). The summed E-state index contributed by atoms with van der Waals surface area (Å²) < 4.78 is 55.0. The van der Waals surface area contributed by atoms with Crippen LogP contribution in [0.2, 0.25) is 0 Å². The molecule has 0 aliphatic carbocycles. The van der Waals surface area contributed by atoms with Gasteiger partial charge < -0.3 is 10.5 Å². The van der Waals surface area contributed by atoms with Gasteiger partial charge in [0.2, 0.25) is 0 Å². The second-order valence-corrected chi connectivity index (χ2v) is 3.63. The van der Waals surface area contributed by atoms with Crippen LogP contribution in [-0.2, 0) is 22.1 Å². The molecule has 0 saturated carbocycles. The Balaban J connectivity index is 3.06. The van der Waals surface area contributed by atoms with Gasteiger partial charge in [0.25, 0.3) is 0 Å². The van der Waals surface area contributed by atoms with E-state index in [1.165, 1.54) is 0 Å². The van der Waals surface area contributed by atoms with E-state index in [4.69, 9.17) is 5.73 Å². The van der Waals surface area contributed by atoms with Crippen molar-refractivity contribution in [1.29, 1.82) is 0 Å². The number of ether oxygens (including phenoxy) is 1. The Morgan fingerprint density at radius 1 is 1.44 bits per heavy atom. The first-order valence-corrected chi connectivity index (χ1v) is 4.94. The van der Waals surface area contributed by atoms with Crippen LogP contribution in [0.4, 0.5) is 17.6 Å². The number of hydrogen-bond donors (Lipinski definition) is 1. The molecule has 3 nitrogen and oxygen atoms in total. The molecule has 1 unspecified atom stereocenters. The highest BCUT2D eigenvalue weighted by Gasteiger charge is 2.34. The van der Waals surface area contributed by atoms with Crippen molar-refractivity contribution < 1.29 is 27.1 Å². The van der Waals surface area contributed by atoms with E-state index in [1.54, 1.807) is 0 Å². The summed E-state index contributed by atoms with van der Waals surface area (Å²) in [6, 6.07) is 0.996. The van der Waals surface area contributed by atoms with E-state index in [0.717, 1.165) is 19.2 Å². The first-order chi connectivity index (χ1) is 8.25. The van der Waals surface area contributed by atoms with Crippen LogP contribution in [0.5, 0.6) is 0 Å². The fourth-order valence-electron chi connectivity index (χ4n) is 1.46. The number of rotatable bonds is 3. The summed E-state index contributed by atoms with van der Waals surface area (Å²) in [7, 11) is 1.08. The number of carbonyl (C=O) groups excluding carboxylic acids is 1. The number of methoxy groups -OCH3 is 1. The SMILES string of the molecule is COC(=O)C(N)Cc1ccc(F)cc1C(F)(F)F. The smallest absolute Gasteiger partial charge is 0.416 e. The van der Waals surface area contributed by atoms with Crippen LogP contribution in [0.3, 0.4) is 0 Å². The van der Waals surface area contributed by atoms with E-state index in [1.807, 2.05) is 0 Å². The minimum Gasteiger partial charge on any atom is -0.468 e. The zero-order chi connectivity index (χ0) is 13.9. The quantitative estimate of drug-likeness (QED) is 0.670. The maximum absolute atomic E-state index is 12.8. The van der Waals surface area contributed by atoms with E-state index in [9.17, 15) is 22.4 Å². The van der Waals surface area contributed by atoms with E-state index < -0.39 is 29.6 Å². The van der Waals surface area contributed by atoms with Crippen LogP contribution in [0.1, 0.15) is 11.1 Å². The van der Waals surface area contributed by atoms with Crippen LogP contribution >= 0.6 is 0 Å². The second-order valence-electron chi connectivity index (χ2n) is 3.63. The molecule has 1 aromatic rings. The van der Waals surface area contributed by atoms with E-state index in [-0.39, 0.29) is 12.0 Å². The van der Waals surface area contributed by atoms with E-state index in [2.05, 4.69) is 4.74 Å². The Bertz CT molecular complexity index is 445. The highest BCUT2D eigenvalue weighted by molar-refractivity contribution is 5.75. The molecule has 0 aliphatic heterocycles. The summed E-state index contributed by atoms with van der Waals surface area (Å²) in [5, 5.41) is 0. The van der Waals surface area contributed by atoms with Gasteiger partial charge in [0.05, 0.1) is 12.7 Å². The van der Waals surface area contributed by atoms with Gasteiger partial charge in [0.1, 0.15) is 11.9 Å². The standard InChI is InChI=1S/C11H11F4NO2/c1-18-10(17)9(16)4-6-2-3-7(12)5-8(6)11(13,14)15/h2-3,5,9H,4,16H2,1H3. The average molecular weight is 265 g/mol. The topological polar surface area (TPSA) is 52.3 Å². The largest absolute Gasteiger partial charge is 0.468 e. The van der Waals surface area contributed by atoms with Gasteiger partial charge in [-0.2, -0.15) is 13.2 Å². The van der Waals surface area contributed by atoms with E-state index >= 15 is 0 Å². The van der Waals surface area contributed by atoms with Crippen molar-refractivity contribution in [3.8, 4) is 0 Å². The summed E-state index contributed by atoms with van der Waals surface area (Å²) in [6.07, 6.45) is -5.07. The molecule has 1 atom stereocenters. The summed E-state index contributed by atoms with van der Waals surface area (Å²) in [6.45, 7) is 0. The predicted molar refractivity (Wildman–Crippen MR) is 55.1 cm³/mol. The normalized spacial score (nSPS) is 13.2. The second kappa shape index (κ2) is 5.34. The third-order valence-corrected chi connectivity index (χ3v) is 2.32. The lowest BCUT2D eigenvalue weighted by molar-refractivity contribution is -0.143. The number of halogens is 4. The molecule has 100 valence electrons. The number of nitrogens with two attached hydrogens (primary N) is 1. The van der Waals surface area contributed by atoms with Gasteiger partial charge in [-0.25, -0.2) is 4.39 Å². The van der Waals surface area contributed by atoms with Gasteiger partial charge in [-0.15, -0.1) is 0 Å². The molecule has 0 spiro atoms. The number of alkyl halides is 3. The van der Waals surface area contributed by atoms with Gasteiger partial charge in [-0.3, -0.25) is 4.79 Å². The molecule has 1 aromatic carbocycles. The summed E-state index contributed by atoms with van der Waals surface area (Å²) in [4.78, 5) is 11.0. The van der Waals surface area contributed by atoms with Gasteiger partial charge in [-0.1, -0.05) is 6.07 Å². The van der Waals surface area contributed by atoms with Crippen molar-refractivity contribution in [3.05, 3.63) is 35.1 Å². The Hall–Kier alpha value is -1.63. The molecule has 0 radical (unpaired) electrons. The van der Waals surface area contributed by atoms with Crippen LogP contribution in [0.15, 0.2) is 18.2 Å². The predicted octanol–water partition coefficient (Wildman–Crippen LogP) is 1.89. The van der Waals surface area contributed by atoms with Crippen molar-refractivity contribution in [2.45, 2.75) is 18.6 Å². The van der Waals surface area contributed by atoms with Crippen molar-refractivity contribution >= 4 is 5.97 Å². The highest BCUT2D eigenvalue weighted by atomic mass is 19.4.